The van der Waals surface area contributed by atoms with Gasteiger partial charge in [-0.2, -0.15) is 0 Å². The number of carbonyl (C=O) groups excluding carboxylic acids is 1. The molecule has 3 aromatic rings. The van der Waals surface area contributed by atoms with E-state index < -0.39 is 0 Å². The summed E-state index contributed by atoms with van der Waals surface area (Å²) in [5, 5.41) is 4.19. The quantitative estimate of drug-likeness (QED) is 0.564. The maximum Gasteiger partial charge on any atom is 0.236 e. The van der Waals surface area contributed by atoms with Crippen molar-refractivity contribution >= 4 is 28.2 Å². The van der Waals surface area contributed by atoms with E-state index in [-0.39, 0.29) is 5.91 Å². The summed E-state index contributed by atoms with van der Waals surface area (Å²) in [7, 11) is 2.14. The fourth-order valence-corrected chi connectivity index (χ4v) is 5.59. The molecule has 5 rings (SSSR count). The minimum Gasteiger partial charge on any atom is -0.342 e. The smallest absolute Gasteiger partial charge is 0.236 e. The molecular weight excluding hydrogens is 458 g/mol. The van der Waals surface area contributed by atoms with E-state index in [0.717, 1.165) is 85.0 Å². The summed E-state index contributed by atoms with van der Waals surface area (Å²) in [6.45, 7) is 8.06. The number of rotatable bonds is 6. The van der Waals surface area contributed by atoms with Crippen LogP contribution in [-0.2, 0) is 4.79 Å². The first-order chi connectivity index (χ1) is 17.0. The molecule has 2 fully saturated rings. The fourth-order valence-electron chi connectivity index (χ4n) is 4.76. The average molecular weight is 492 g/mol. The molecule has 0 saturated carbocycles. The van der Waals surface area contributed by atoms with Crippen molar-refractivity contribution in [2.75, 3.05) is 58.2 Å². The van der Waals surface area contributed by atoms with Gasteiger partial charge in [-0.1, -0.05) is 41.7 Å². The van der Waals surface area contributed by atoms with Gasteiger partial charge in [0.25, 0.3) is 0 Å². The topological polar surface area (TPSA) is 77.5 Å². The zero-order chi connectivity index (χ0) is 24.2. The van der Waals surface area contributed by atoms with Crippen molar-refractivity contribution in [3.8, 4) is 10.4 Å². The SMILES string of the molecule is Cc1nc(Nc2ncc(-c3ccccc3)s2)cc(C2CCN(C(=O)CN3CCN(C)CC3)CC2)n1. The molecule has 1 aromatic carbocycles. The van der Waals surface area contributed by atoms with E-state index in [2.05, 4.69) is 44.3 Å². The Morgan fingerprint density at radius 3 is 2.54 bits per heavy atom. The fraction of sp³-hybridized carbons (Fsp3) is 0.462. The Bertz CT molecular complexity index is 1140. The number of thiazole rings is 1. The Labute approximate surface area is 211 Å². The van der Waals surface area contributed by atoms with E-state index in [1.54, 1.807) is 11.3 Å². The summed E-state index contributed by atoms with van der Waals surface area (Å²) in [6.07, 6.45) is 3.76. The molecule has 2 saturated heterocycles. The molecule has 4 heterocycles. The van der Waals surface area contributed by atoms with Crippen LogP contribution in [0.1, 0.15) is 30.3 Å². The van der Waals surface area contributed by atoms with Crippen LogP contribution in [0.5, 0.6) is 0 Å². The highest BCUT2D eigenvalue weighted by atomic mass is 32.1. The number of aryl methyl sites for hydroxylation is 1. The lowest BCUT2D eigenvalue weighted by molar-refractivity contribution is -0.133. The van der Waals surface area contributed by atoms with E-state index in [1.165, 1.54) is 0 Å². The molecule has 35 heavy (non-hydrogen) atoms. The van der Waals surface area contributed by atoms with Crippen molar-refractivity contribution in [2.24, 2.45) is 0 Å². The Morgan fingerprint density at radius 1 is 1.06 bits per heavy atom. The lowest BCUT2D eigenvalue weighted by atomic mass is 9.93. The molecule has 0 spiro atoms. The van der Waals surface area contributed by atoms with E-state index in [0.29, 0.717) is 12.5 Å². The van der Waals surface area contributed by atoms with Crippen LogP contribution >= 0.6 is 11.3 Å². The summed E-state index contributed by atoms with van der Waals surface area (Å²) < 4.78 is 0. The Balaban J connectivity index is 1.18. The molecule has 2 aliphatic rings. The molecule has 0 aliphatic carbocycles. The second-order valence-corrected chi connectivity index (χ2v) is 10.5. The number of hydrogen-bond acceptors (Lipinski definition) is 8. The van der Waals surface area contributed by atoms with Gasteiger partial charge in [-0.25, -0.2) is 15.0 Å². The van der Waals surface area contributed by atoms with Gasteiger partial charge in [-0.3, -0.25) is 9.69 Å². The van der Waals surface area contributed by atoms with Crippen LogP contribution in [0.2, 0.25) is 0 Å². The molecule has 2 aromatic heterocycles. The van der Waals surface area contributed by atoms with E-state index in [4.69, 9.17) is 4.98 Å². The molecular formula is C26H33N7OS. The number of aromatic nitrogens is 3. The van der Waals surface area contributed by atoms with Gasteiger partial charge in [-0.05, 0) is 32.4 Å². The van der Waals surface area contributed by atoms with Gasteiger partial charge in [0.1, 0.15) is 11.6 Å². The summed E-state index contributed by atoms with van der Waals surface area (Å²) in [4.78, 5) is 34.4. The van der Waals surface area contributed by atoms with Gasteiger partial charge in [0.05, 0.1) is 11.4 Å². The van der Waals surface area contributed by atoms with Crippen molar-refractivity contribution in [3.63, 3.8) is 0 Å². The maximum atomic E-state index is 12.8. The monoisotopic (exact) mass is 491 g/mol. The van der Waals surface area contributed by atoms with Crippen LogP contribution in [0.15, 0.2) is 42.6 Å². The van der Waals surface area contributed by atoms with Crippen LogP contribution in [0.25, 0.3) is 10.4 Å². The van der Waals surface area contributed by atoms with Gasteiger partial charge in [0, 0.05) is 63.1 Å². The molecule has 184 valence electrons. The molecule has 0 unspecified atom stereocenters. The standard InChI is InChI=1S/C26H33N7OS/c1-19-28-22(16-24(29-19)30-26-27-17-23(35-26)21-6-4-3-5-7-21)20-8-10-33(11-9-20)25(34)18-32-14-12-31(2)13-15-32/h3-7,16-17,20H,8-15,18H2,1-2H3,(H,27,28,29,30). The van der Waals surface area contributed by atoms with Gasteiger partial charge in [-0.15, -0.1) is 0 Å². The largest absolute Gasteiger partial charge is 0.342 e. The first-order valence-electron chi connectivity index (χ1n) is 12.4. The number of anilines is 2. The number of hydrogen-bond donors (Lipinski definition) is 1. The predicted molar refractivity (Wildman–Crippen MR) is 140 cm³/mol. The molecule has 9 heteroatoms. The molecule has 1 N–H and O–H groups in total. The van der Waals surface area contributed by atoms with Crippen molar-refractivity contribution in [1.82, 2.24) is 29.7 Å². The summed E-state index contributed by atoms with van der Waals surface area (Å²) in [6, 6.07) is 12.3. The number of likely N-dealkylation sites (N-methyl/N-ethyl adjacent to an activating group) is 1. The molecule has 8 nitrogen and oxygen atoms in total. The van der Waals surface area contributed by atoms with Crippen LogP contribution in [-0.4, -0.2) is 88.4 Å². The summed E-state index contributed by atoms with van der Waals surface area (Å²) in [5.74, 6) is 2.11. The molecule has 0 bridgehead atoms. The van der Waals surface area contributed by atoms with Crippen LogP contribution in [0.3, 0.4) is 0 Å². The predicted octanol–water partition coefficient (Wildman–Crippen LogP) is 3.61. The van der Waals surface area contributed by atoms with Crippen molar-refractivity contribution in [1.29, 1.82) is 0 Å². The number of piperidine rings is 1. The van der Waals surface area contributed by atoms with Crippen molar-refractivity contribution < 1.29 is 4.79 Å². The third-order valence-corrected chi connectivity index (χ3v) is 7.84. The van der Waals surface area contributed by atoms with Gasteiger partial charge >= 0.3 is 0 Å². The first-order valence-corrected chi connectivity index (χ1v) is 13.2. The number of carbonyl (C=O) groups is 1. The number of amides is 1. The lowest BCUT2D eigenvalue weighted by Gasteiger charge is -2.36. The number of nitrogens with zero attached hydrogens (tertiary/aromatic N) is 6. The highest BCUT2D eigenvalue weighted by Gasteiger charge is 2.27. The number of benzene rings is 1. The highest BCUT2D eigenvalue weighted by Crippen LogP contribution is 2.32. The third kappa shape index (κ3) is 6.04. The summed E-state index contributed by atoms with van der Waals surface area (Å²) in [5.41, 5.74) is 2.21. The second-order valence-electron chi connectivity index (χ2n) is 9.48. The number of nitrogens with one attached hydrogen (secondary N) is 1. The highest BCUT2D eigenvalue weighted by molar-refractivity contribution is 7.18. The Morgan fingerprint density at radius 2 is 1.80 bits per heavy atom. The van der Waals surface area contributed by atoms with Crippen LogP contribution in [0.4, 0.5) is 10.9 Å². The Kier molecular flexibility index (Phi) is 7.36. The van der Waals surface area contributed by atoms with E-state index in [9.17, 15) is 4.79 Å². The average Bonchev–Trinajstić information content (AvgIpc) is 3.34. The zero-order valence-corrected chi connectivity index (χ0v) is 21.3. The van der Waals surface area contributed by atoms with Gasteiger partial charge in [0.15, 0.2) is 5.13 Å². The molecule has 0 atom stereocenters. The maximum absolute atomic E-state index is 12.8. The molecule has 1 amide bonds. The van der Waals surface area contributed by atoms with Crippen molar-refractivity contribution in [2.45, 2.75) is 25.7 Å². The lowest BCUT2D eigenvalue weighted by Crippen LogP contribution is -2.50. The van der Waals surface area contributed by atoms with Gasteiger partial charge < -0.3 is 15.1 Å². The van der Waals surface area contributed by atoms with E-state index >= 15 is 0 Å². The Hall–Kier alpha value is -2.88. The number of piperazine rings is 1. The number of likely N-dealkylation sites (tertiary alicyclic amines) is 1. The zero-order valence-electron chi connectivity index (χ0n) is 20.5. The first kappa shape index (κ1) is 23.8. The minimum absolute atomic E-state index is 0.257. The normalized spacial score (nSPS) is 18.1. The third-order valence-electron chi connectivity index (χ3n) is 6.88. The molecule has 2 aliphatic heterocycles. The second kappa shape index (κ2) is 10.8. The van der Waals surface area contributed by atoms with E-state index in [1.807, 2.05) is 42.3 Å². The summed E-state index contributed by atoms with van der Waals surface area (Å²) >= 11 is 1.61. The van der Waals surface area contributed by atoms with Crippen LogP contribution in [0, 0.1) is 6.92 Å². The van der Waals surface area contributed by atoms with Gasteiger partial charge in [0.2, 0.25) is 5.91 Å². The minimum atomic E-state index is 0.257. The molecule has 0 radical (unpaired) electrons. The van der Waals surface area contributed by atoms with Crippen molar-refractivity contribution in [3.05, 3.63) is 54.1 Å². The van der Waals surface area contributed by atoms with Crippen LogP contribution < -0.4 is 5.32 Å².